The minimum absolute atomic E-state index is 0.203. The molecular formula is C21H24ClN5. The molecule has 0 saturated carbocycles. The molecule has 5 nitrogen and oxygen atoms in total. The van der Waals surface area contributed by atoms with E-state index in [1.165, 1.54) is 11.3 Å². The highest BCUT2D eigenvalue weighted by molar-refractivity contribution is 6.31. The topological polar surface area (TPSA) is 46.0 Å². The first kappa shape index (κ1) is 18.0. The molecule has 3 aromatic rings. The first-order valence-corrected chi connectivity index (χ1v) is 9.86. The first-order chi connectivity index (χ1) is 13.3. The number of rotatable bonds is 7. The fourth-order valence-corrected chi connectivity index (χ4v) is 3.92. The lowest BCUT2D eigenvalue weighted by Crippen LogP contribution is -2.41. The highest BCUT2D eigenvalue weighted by Gasteiger charge is 2.33. The summed E-state index contributed by atoms with van der Waals surface area (Å²) in [4.78, 5) is 11.2. The molecule has 3 heterocycles. The van der Waals surface area contributed by atoms with Crippen LogP contribution in [0.25, 0.3) is 5.69 Å². The van der Waals surface area contributed by atoms with E-state index in [9.17, 15) is 0 Å². The number of nitrogens with zero attached hydrogens (tertiary/aromatic N) is 4. The molecule has 1 aliphatic heterocycles. The fourth-order valence-electron chi connectivity index (χ4n) is 3.70. The normalized spacial score (nSPS) is 15.5. The van der Waals surface area contributed by atoms with Gasteiger partial charge in [-0.05, 0) is 24.1 Å². The van der Waals surface area contributed by atoms with Crippen LogP contribution >= 0.6 is 11.6 Å². The highest BCUT2D eigenvalue weighted by atomic mass is 35.5. The summed E-state index contributed by atoms with van der Waals surface area (Å²) in [6.07, 6.45) is 5.85. The third-order valence-electron chi connectivity index (χ3n) is 5.03. The molecule has 27 heavy (non-hydrogen) atoms. The number of hydrogen-bond acceptors (Lipinski definition) is 4. The molecule has 2 aromatic heterocycles. The van der Waals surface area contributed by atoms with Gasteiger partial charge in [-0.15, -0.1) is 0 Å². The van der Waals surface area contributed by atoms with Gasteiger partial charge in [-0.2, -0.15) is 0 Å². The van der Waals surface area contributed by atoms with Crippen LogP contribution in [0.5, 0.6) is 0 Å². The average molecular weight is 382 g/mol. The molecule has 1 aromatic carbocycles. The predicted octanol–water partition coefficient (Wildman–Crippen LogP) is 4.37. The maximum atomic E-state index is 6.44. The number of anilines is 1. The number of benzene rings is 1. The molecule has 0 fully saturated rings. The zero-order chi connectivity index (χ0) is 18.6. The molecule has 1 unspecified atom stereocenters. The Labute approximate surface area is 165 Å². The van der Waals surface area contributed by atoms with Crippen molar-refractivity contribution >= 4 is 17.4 Å². The molecule has 6 heteroatoms. The predicted molar refractivity (Wildman–Crippen MR) is 110 cm³/mol. The van der Waals surface area contributed by atoms with Crippen LogP contribution in [-0.4, -0.2) is 27.6 Å². The molecule has 0 radical (unpaired) electrons. The summed E-state index contributed by atoms with van der Waals surface area (Å²) in [5.41, 5.74) is 3.39. The van der Waals surface area contributed by atoms with Crippen molar-refractivity contribution in [3.8, 4) is 5.69 Å². The monoisotopic (exact) mass is 381 g/mol. The largest absolute Gasteiger partial charge is 0.345 e. The van der Waals surface area contributed by atoms with Crippen molar-refractivity contribution in [3.05, 3.63) is 71.4 Å². The quantitative estimate of drug-likeness (QED) is 0.617. The summed E-state index contributed by atoms with van der Waals surface area (Å²) >= 11 is 6.44. The summed E-state index contributed by atoms with van der Waals surface area (Å²) in [5, 5.41) is 4.12. The van der Waals surface area contributed by atoms with Gasteiger partial charge in [0.05, 0.1) is 6.04 Å². The SMILES string of the molecule is CCCCN1c2ncnc(Cl)c2-n2cccc2C1CNCc1ccccc1. The maximum Gasteiger partial charge on any atom is 0.158 e. The standard InChI is InChI=1S/C21H24ClN5/c1-2-3-11-27-18(14-23-13-16-8-5-4-6-9-16)17-10-7-12-26(17)19-20(22)24-15-25-21(19)27/h4-10,12,15,18,23H,2-3,11,13-14H2,1H3. The molecule has 4 rings (SSSR count). The van der Waals surface area contributed by atoms with Gasteiger partial charge < -0.3 is 14.8 Å². The molecule has 1 N–H and O–H groups in total. The van der Waals surface area contributed by atoms with Crippen molar-refractivity contribution in [2.24, 2.45) is 0 Å². The van der Waals surface area contributed by atoms with Crippen LogP contribution in [0.4, 0.5) is 5.82 Å². The second kappa shape index (κ2) is 8.11. The molecule has 0 saturated heterocycles. The van der Waals surface area contributed by atoms with E-state index in [-0.39, 0.29) is 6.04 Å². The lowest BCUT2D eigenvalue weighted by molar-refractivity contribution is 0.508. The van der Waals surface area contributed by atoms with E-state index in [0.717, 1.165) is 44.0 Å². The van der Waals surface area contributed by atoms with Gasteiger partial charge in [0.15, 0.2) is 11.0 Å². The van der Waals surface area contributed by atoms with E-state index in [2.05, 4.69) is 68.1 Å². The van der Waals surface area contributed by atoms with Crippen LogP contribution in [0.1, 0.15) is 37.1 Å². The van der Waals surface area contributed by atoms with Gasteiger partial charge in [-0.25, -0.2) is 9.97 Å². The van der Waals surface area contributed by atoms with E-state index in [1.807, 2.05) is 12.3 Å². The van der Waals surface area contributed by atoms with Gasteiger partial charge in [0.25, 0.3) is 0 Å². The van der Waals surface area contributed by atoms with Crippen molar-refractivity contribution in [1.29, 1.82) is 0 Å². The van der Waals surface area contributed by atoms with Crippen LogP contribution in [0, 0.1) is 0 Å². The lowest BCUT2D eigenvalue weighted by Gasteiger charge is -2.39. The van der Waals surface area contributed by atoms with E-state index >= 15 is 0 Å². The minimum Gasteiger partial charge on any atom is -0.345 e. The number of aromatic nitrogens is 3. The average Bonchev–Trinajstić information content (AvgIpc) is 3.17. The Morgan fingerprint density at radius 3 is 2.78 bits per heavy atom. The second-order valence-electron chi connectivity index (χ2n) is 6.82. The number of hydrogen-bond donors (Lipinski definition) is 1. The van der Waals surface area contributed by atoms with Gasteiger partial charge in [0.1, 0.15) is 12.0 Å². The molecule has 0 spiro atoms. The van der Waals surface area contributed by atoms with Crippen LogP contribution < -0.4 is 10.2 Å². The van der Waals surface area contributed by atoms with E-state index in [1.54, 1.807) is 6.33 Å². The van der Waals surface area contributed by atoms with Gasteiger partial charge >= 0.3 is 0 Å². The van der Waals surface area contributed by atoms with Crippen molar-refractivity contribution in [2.45, 2.75) is 32.4 Å². The first-order valence-electron chi connectivity index (χ1n) is 9.49. The van der Waals surface area contributed by atoms with Crippen LogP contribution in [0.3, 0.4) is 0 Å². The smallest absolute Gasteiger partial charge is 0.158 e. The number of unbranched alkanes of at least 4 members (excludes halogenated alkanes) is 1. The second-order valence-corrected chi connectivity index (χ2v) is 7.18. The Morgan fingerprint density at radius 1 is 1.11 bits per heavy atom. The Morgan fingerprint density at radius 2 is 1.96 bits per heavy atom. The van der Waals surface area contributed by atoms with Gasteiger partial charge in [-0.3, -0.25) is 0 Å². The van der Waals surface area contributed by atoms with Gasteiger partial charge in [0.2, 0.25) is 0 Å². The van der Waals surface area contributed by atoms with E-state index < -0.39 is 0 Å². The maximum absolute atomic E-state index is 6.44. The zero-order valence-corrected chi connectivity index (χ0v) is 16.2. The van der Waals surface area contributed by atoms with Crippen LogP contribution in [0.2, 0.25) is 5.15 Å². The zero-order valence-electron chi connectivity index (χ0n) is 15.5. The summed E-state index contributed by atoms with van der Waals surface area (Å²) in [6, 6.07) is 14.9. The molecule has 1 aliphatic rings. The fraction of sp³-hybridized carbons (Fsp3) is 0.333. The summed E-state index contributed by atoms with van der Waals surface area (Å²) in [5.74, 6) is 0.915. The van der Waals surface area contributed by atoms with Gasteiger partial charge in [0, 0.05) is 31.5 Å². The molecule has 1 atom stereocenters. The Bertz CT molecular complexity index is 893. The molecule has 0 aliphatic carbocycles. The van der Waals surface area contributed by atoms with Crippen molar-refractivity contribution in [2.75, 3.05) is 18.0 Å². The van der Waals surface area contributed by atoms with Crippen molar-refractivity contribution < 1.29 is 0 Å². The Hall–Kier alpha value is -2.37. The number of fused-ring (bicyclic) bond motifs is 3. The van der Waals surface area contributed by atoms with E-state index in [4.69, 9.17) is 11.6 Å². The van der Waals surface area contributed by atoms with Gasteiger partial charge in [-0.1, -0.05) is 55.3 Å². The third-order valence-corrected chi connectivity index (χ3v) is 5.31. The number of nitrogens with one attached hydrogen (secondary N) is 1. The Kier molecular flexibility index (Phi) is 5.41. The van der Waals surface area contributed by atoms with E-state index in [0.29, 0.717) is 5.15 Å². The third kappa shape index (κ3) is 3.57. The summed E-state index contributed by atoms with van der Waals surface area (Å²) < 4.78 is 2.13. The molecule has 0 amide bonds. The minimum atomic E-state index is 0.203. The molecule has 140 valence electrons. The molecular weight excluding hydrogens is 358 g/mol. The summed E-state index contributed by atoms with van der Waals surface area (Å²) in [6.45, 7) is 4.84. The Balaban J connectivity index is 1.63. The van der Waals surface area contributed by atoms with Crippen molar-refractivity contribution in [1.82, 2.24) is 19.9 Å². The van der Waals surface area contributed by atoms with Crippen LogP contribution in [0.15, 0.2) is 55.0 Å². The highest BCUT2D eigenvalue weighted by Crippen LogP contribution is 2.39. The summed E-state index contributed by atoms with van der Waals surface area (Å²) in [7, 11) is 0. The molecule has 0 bridgehead atoms. The lowest BCUT2D eigenvalue weighted by atomic mass is 10.1. The van der Waals surface area contributed by atoms with Crippen molar-refractivity contribution in [3.63, 3.8) is 0 Å². The van der Waals surface area contributed by atoms with Crippen LogP contribution in [-0.2, 0) is 6.54 Å². The number of halogens is 1.